The predicted octanol–water partition coefficient (Wildman–Crippen LogP) is 3.76. The van der Waals surface area contributed by atoms with Crippen LogP contribution in [0.15, 0.2) is 54.7 Å². The third kappa shape index (κ3) is 4.63. The van der Waals surface area contributed by atoms with Gasteiger partial charge in [-0.3, -0.25) is 9.48 Å². The number of hydrogen-bond donors (Lipinski definition) is 3. The minimum Gasteiger partial charge on any atom is -0.476 e. The van der Waals surface area contributed by atoms with Gasteiger partial charge in [0, 0.05) is 19.2 Å². The lowest BCUT2D eigenvalue weighted by molar-refractivity contribution is -0.118. The van der Waals surface area contributed by atoms with Crippen molar-refractivity contribution >= 4 is 23.7 Å². The van der Waals surface area contributed by atoms with Gasteiger partial charge in [0.05, 0.1) is 5.69 Å². The largest absolute Gasteiger partial charge is 0.476 e. The number of benzene rings is 2. The van der Waals surface area contributed by atoms with E-state index in [1.165, 1.54) is 10.9 Å². The fraction of sp³-hybridized carbons (Fsp3) is 0.280. The molecule has 0 spiro atoms. The normalized spacial score (nSPS) is 13.0. The smallest absolute Gasteiger partial charge is 0.407 e. The molecular weight excluding hydrogens is 436 g/mol. The van der Waals surface area contributed by atoms with Crippen molar-refractivity contribution in [3.8, 4) is 11.1 Å². The van der Waals surface area contributed by atoms with Gasteiger partial charge in [0.15, 0.2) is 5.69 Å². The van der Waals surface area contributed by atoms with Gasteiger partial charge in [-0.25, -0.2) is 9.59 Å². The van der Waals surface area contributed by atoms with Gasteiger partial charge in [0.1, 0.15) is 12.6 Å². The van der Waals surface area contributed by atoms with E-state index in [1.807, 2.05) is 43.3 Å². The summed E-state index contributed by atoms with van der Waals surface area (Å²) in [6, 6.07) is 15.2. The summed E-state index contributed by atoms with van der Waals surface area (Å²) in [6.07, 6.45) is 1.68. The van der Waals surface area contributed by atoms with Crippen LogP contribution in [0, 0.1) is 0 Å². The van der Waals surface area contributed by atoms with Crippen molar-refractivity contribution in [3.63, 3.8) is 0 Å². The molecule has 2 amide bonds. The minimum absolute atomic E-state index is 0.0652. The molecule has 0 saturated heterocycles. The topological polar surface area (TPSA) is 123 Å². The Morgan fingerprint density at radius 3 is 2.29 bits per heavy atom. The Morgan fingerprint density at radius 2 is 1.71 bits per heavy atom. The van der Waals surface area contributed by atoms with E-state index in [9.17, 15) is 19.5 Å². The first-order chi connectivity index (χ1) is 16.4. The first kappa shape index (κ1) is 23.0. The zero-order valence-corrected chi connectivity index (χ0v) is 18.9. The van der Waals surface area contributed by atoms with Crippen molar-refractivity contribution in [2.24, 2.45) is 7.05 Å². The highest BCUT2D eigenvalue weighted by Crippen LogP contribution is 2.44. The number of ether oxygens (including phenoxy) is 1. The summed E-state index contributed by atoms with van der Waals surface area (Å²) >= 11 is 0. The molecule has 176 valence electrons. The molecule has 1 heterocycles. The van der Waals surface area contributed by atoms with Crippen LogP contribution in [0.3, 0.4) is 0 Å². The molecular formula is C25H26N4O5. The van der Waals surface area contributed by atoms with Gasteiger partial charge in [0.2, 0.25) is 5.91 Å². The molecule has 3 N–H and O–H groups in total. The molecule has 0 bridgehead atoms. The maximum Gasteiger partial charge on any atom is 0.407 e. The van der Waals surface area contributed by atoms with E-state index in [-0.39, 0.29) is 23.9 Å². The van der Waals surface area contributed by atoms with Crippen LogP contribution in [0.25, 0.3) is 11.1 Å². The van der Waals surface area contributed by atoms with E-state index in [4.69, 9.17) is 4.74 Å². The molecule has 1 aliphatic rings. The number of amides is 2. The number of hydrogen-bond acceptors (Lipinski definition) is 5. The number of carbonyl (C=O) groups excluding carboxylic acids is 2. The maximum absolute atomic E-state index is 12.8. The van der Waals surface area contributed by atoms with Crippen molar-refractivity contribution < 1.29 is 24.2 Å². The molecule has 0 radical (unpaired) electrons. The average molecular weight is 463 g/mol. The Hall–Kier alpha value is -4.14. The van der Waals surface area contributed by atoms with Gasteiger partial charge < -0.3 is 20.5 Å². The fourth-order valence-electron chi connectivity index (χ4n) is 4.30. The number of fused-ring (bicyclic) bond motifs is 3. The first-order valence-corrected chi connectivity index (χ1v) is 11.1. The van der Waals surface area contributed by atoms with Gasteiger partial charge in [-0.2, -0.15) is 5.10 Å². The lowest BCUT2D eigenvalue weighted by atomic mass is 9.98. The second kappa shape index (κ2) is 9.78. The SMILES string of the molecule is CCCC(NC(=O)OCC1c2ccccc2-c2ccccc21)C(=O)Nc1cn(C)nc1C(=O)O. The molecule has 34 heavy (non-hydrogen) atoms. The molecule has 3 aromatic rings. The van der Waals surface area contributed by atoms with Crippen LogP contribution in [0.4, 0.5) is 10.5 Å². The summed E-state index contributed by atoms with van der Waals surface area (Å²) in [6.45, 7) is 2.01. The maximum atomic E-state index is 12.8. The molecule has 0 fully saturated rings. The van der Waals surface area contributed by atoms with Gasteiger partial charge in [-0.15, -0.1) is 0 Å². The van der Waals surface area contributed by atoms with Crippen LogP contribution in [-0.4, -0.2) is 45.5 Å². The molecule has 1 unspecified atom stereocenters. The molecule has 1 aliphatic carbocycles. The van der Waals surface area contributed by atoms with Crippen LogP contribution in [-0.2, 0) is 16.6 Å². The highest BCUT2D eigenvalue weighted by Gasteiger charge is 2.30. The van der Waals surface area contributed by atoms with Crippen LogP contribution in [0.1, 0.15) is 47.3 Å². The third-order valence-electron chi connectivity index (χ3n) is 5.82. The van der Waals surface area contributed by atoms with Gasteiger partial charge in [-0.05, 0) is 28.7 Å². The number of carbonyl (C=O) groups is 3. The molecule has 1 atom stereocenters. The highest BCUT2D eigenvalue weighted by molar-refractivity contribution is 6.01. The molecule has 1 aromatic heterocycles. The predicted molar refractivity (Wildman–Crippen MR) is 126 cm³/mol. The van der Waals surface area contributed by atoms with E-state index in [1.54, 1.807) is 7.05 Å². The minimum atomic E-state index is -1.26. The second-order valence-corrected chi connectivity index (χ2v) is 8.17. The zero-order chi connectivity index (χ0) is 24.2. The zero-order valence-electron chi connectivity index (χ0n) is 18.9. The number of rotatable bonds is 8. The molecule has 9 nitrogen and oxygen atoms in total. The van der Waals surface area contributed by atoms with Gasteiger partial charge in [0.25, 0.3) is 0 Å². The summed E-state index contributed by atoms with van der Waals surface area (Å²) in [7, 11) is 1.56. The van der Waals surface area contributed by atoms with Crippen LogP contribution in [0.5, 0.6) is 0 Å². The molecule has 0 aliphatic heterocycles. The lowest BCUT2D eigenvalue weighted by Crippen LogP contribution is -2.44. The van der Waals surface area contributed by atoms with Crippen LogP contribution in [0.2, 0.25) is 0 Å². The quantitative estimate of drug-likeness (QED) is 0.468. The fourth-order valence-corrected chi connectivity index (χ4v) is 4.30. The summed E-state index contributed by atoms with van der Waals surface area (Å²) in [5.41, 5.74) is 4.24. The van der Waals surface area contributed by atoms with E-state index < -0.39 is 24.0 Å². The summed E-state index contributed by atoms with van der Waals surface area (Å²) in [4.78, 5) is 36.8. The summed E-state index contributed by atoms with van der Waals surface area (Å²) in [5.74, 6) is -1.89. The van der Waals surface area contributed by atoms with E-state index in [0.717, 1.165) is 22.3 Å². The van der Waals surface area contributed by atoms with E-state index >= 15 is 0 Å². The van der Waals surface area contributed by atoms with Gasteiger partial charge >= 0.3 is 12.1 Å². The number of aromatic carboxylic acids is 1. The van der Waals surface area contributed by atoms with Crippen molar-refractivity contribution in [3.05, 3.63) is 71.5 Å². The van der Waals surface area contributed by atoms with Crippen LogP contribution >= 0.6 is 0 Å². The Bertz CT molecular complexity index is 1190. The Kier molecular flexibility index (Phi) is 6.62. The average Bonchev–Trinajstić information content (AvgIpc) is 3.35. The monoisotopic (exact) mass is 462 g/mol. The van der Waals surface area contributed by atoms with E-state index in [0.29, 0.717) is 12.8 Å². The standard InChI is InChI=1S/C25H26N4O5/c1-3-8-20(23(30)26-21-13-29(2)28-22(21)24(31)32)27-25(33)34-14-19-17-11-6-4-9-15(17)16-10-5-7-12-18(16)19/h4-7,9-13,19-20H,3,8,14H2,1-2H3,(H,26,30)(H,27,33)(H,31,32). The Balaban J connectivity index is 1.42. The van der Waals surface area contributed by atoms with Gasteiger partial charge in [-0.1, -0.05) is 61.9 Å². The number of aromatic nitrogens is 2. The number of alkyl carbamates (subject to hydrolysis) is 1. The van der Waals surface area contributed by atoms with Crippen molar-refractivity contribution in [1.29, 1.82) is 0 Å². The number of nitrogens with one attached hydrogen (secondary N) is 2. The number of aryl methyl sites for hydroxylation is 1. The number of anilines is 1. The second-order valence-electron chi connectivity index (χ2n) is 8.17. The van der Waals surface area contributed by atoms with Crippen molar-refractivity contribution in [2.45, 2.75) is 31.7 Å². The Morgan fingerprint density at radius 1 is 1.09 bits per heavy atom. The van der Waals surface area contributed by atoms with Crippen molar-refractivity contribution in [2.75, 3.05) is 11.9 Å². The third-order valence-corrected chi connectivity index (χ3v) is 5.82. The summed E-state index contributed by atoms with van der Waals surface area (Å²) in [5, 5.41) is 18.3. The molecule has 9 heteroatoms. The first-order valence-electron chi connectivity index (χ1n) is 11.1. The number of carboxylic acid groups (broad SMARTS) is 1. The highest BCUT2D eigenvalue weighted by atomic mass is 16.5. The number of nitrogens with zero attached hydrogens (tertiary/aromatic N) is 2. The summed E-state index contributed by atoms with van der Waals surface area (Å²) < 4.78 is 6.84. The van der Waals surface area contributed by atoms with E-state index in [2.05, 4.69) is 27.9 Å². The molecule has 0 saturated carbocycles. The Labute approximate surface area is 196 Å². The molecule has 2 aromatic carbocycles. The van der Waals surface area contributed by atoms with Crippen LogP contribution < -0.4 is 10.6 Å². The lowest BCUT2D eigenvalue weighted by Gasteiger charge is -2.19. The number of carboxylic acids is 1. The van der Waals surface area contributed by atoms with Crippen molar-refractivity contribution in [1.82, 2.24) is 15.1 Å². The molecule has 4 rings (SSSR count).